The molecule has 1 aliphatic heterocycles. The number of nitrogens with one attached hydrogen (secondary N) is 2. The van der Waals surface area contributed by atoms with E-state index in [1.165, 1.54) is 42.6 Å². The molecule has 2 heterocycles. The highest BCUT2D eigenvalue weighted by molar-refractivity contribution is 7.92. The standard InChI is InChI=1S/C36H44N6O9S/c1-36(2,3)51-35(47)41-17-14-25(15-18-41)20-39-32(44)27-11-7-12-28(19-27)34(46)42(37)23-30(52(48,49)29-13-8-16-38-21-29)33(45)40-22-31(43)50-24-26-9-5-4-6-10-26/h4-13,16,19,21,25,30H,14-15,17-18,20,22-24,37H2,1-3H3,(H,39,44)(H,40,45)/t30-/m0/s1. The number of sulfone groups is 1. The largest absolute Gasteiger partial charge is 0.460 e. The number of carbonyl (C=O) groups is 5. The molecular weight excluding hydrogens is 692 g/mol. The molecular formula is C36H44N6O9S. The number of rotatable bonds is 13. The first kappa shape index (κ1) is 39.4. The normalized spacial score (nSPS) is 14.1. The Balaban J connectivity index is 1.37. The molecule has 16 heteroatoms. The average molecular weight is 737 g/mol. The Kier molecular flexibility index (Phi) is 13.4. The molecule has 0 radical (unpaired) electrons. The molecule has 1 atom stereocenters. The van der Waals surface area contributed by atoms with Crippen molar-refractivity contribution < 1.29 is 41.9 Å². The number of hydrogen-bond acceptors (Lipinski definition) is 11. The average Bonchev–Trinajstić information content (AvgIpc) is 3.14. The molecule has 52 heavy (non-hydrogen) atoms. The van der Waals surface area contributed by atoms with Crippen molar-refractivity contribution in [3.63, 3.8) is 0 Å². The van der Waals surface area contributed by atoms with Crippen LogP contribution < -0.4 is 16.5 Å². The lowest BCUT2D eigenvalue weighted by Gasteiger charge is -2.33. The highest BCUT2D eigenvalue weighted by atomic mass is 32.2. The highest BCUT2D eigenvalue weighted by Gasteiger charge is 2.37. The fraction of sp³-hybridized carbons (Fsp3) is 0.389. The molecule has 0 unspecified atom stereocenters. The van der Waals surface area contributed by atoms with Gasteiger partial charge in [-0.3, -0.25) is 29.2 Å². The van der Waals surface area contributed by atoms with E-state index in [0.29, 0.717) is 37.5 Å². The van der Waals surface area contributed by atoms with Gasteiger partial charge in [-0.2, -0.15) is 0 Å². The van der Waals surface area contributed by atoms with E-state index < -0.39 is 57.5 Å². The highest BCUT2D eigenvalue weighted by Crippen LogP contribution is 2.20. The number of aromatic nitrogens is 1. The van der Waals surface area contributed by atoms with Gasteiger partial charge in [0.05, 0.1) is 11.4 Å². The van der Waals surface area contributed by atoms with E-state index in [1.54, 1.807) is 35.2 Å². The molecule has 0 saturated carbocycles. The molecule has 0 bridgehead atoms. The predicted octanol–water partition coefficient (Wildman–Crippen LogP) is 2.48. The van der Waals surface area contributed by atoms with Crippen LogP contribution in [0.15, 0.2) is 84.0 Å². The Labute approximate surface area is 302 Å². The van der Waals surface area contributed by atoms with Gasteiger partial charge in [-0.25, -0.2) is 19.1 Å². The summed E-state index contributed by atoms with van der Waals surface area (Å²) in [7, 11) is -4.46. The van der Waals surface area contributed by atoms with Gasteiger partial charge in [0.15, 0.2) is 15.1 Å². The van der Waals surface area contributed by atoms with E-state index in [0.717, 1.165) is 11.8 Å². The Morgan fingerprint density at radius 2 is 1.65 bits per heavy atom. The summed E-state index contributed by atoms with van der Waals surface area (Å²) >= 11 is 0. The molecule has 4 N–H and O–H groups in total. The van der Waals surface area contributed by atoms with Crippen LogP contribution >= 0.6 is 0 Å². The van der Waals surface area contributed by atoms with E-state index in [1.807, 2.05) is 20.8 Å². The maximum atomic E-state index is 13.6. The van der Waals surface area contributed by atoms with Gasteiger partial charge in [0, 0.05) is 43.2 Å². The topological polar surface area (TPSA) is 207 Å². The number of benzene rings is 2. The van der Waals surface area contributed by atoms with Gasteiger partial charge in [0.2, 0.25) is 5.91 Å². The summed E-state index contributed by atoms with van der Waals surface area (Å²) in [5.41, 5.74) is 0.267. The smallest absolute Gasteiger partial charge is 0.410 e. The van der Waals surface area contributed by atoms with Crippen LogP contribution in [0.4, 0.5) is 4.79 Å². The second-order valence-corrected chi connectivity index (χ2v) is 15.4. The van der Waals surface area contributed by atoms with Crippen LogP contribution in [0.2, 0.25) is 0 Å². The number of carbonyl (C=O) groups excluding carboxylic acids is 5. The lowest BCUT2D eigenvalue weighted by molar-refractivity contribution is -0.145. The molecule has 4 amide bonds. The lowest BCUT2D eigenvalue weighted by Crippen LogP contribution is -2.51. The number of pyridine rings is 1. The van der Waals surface area contributed by atoms with Crippen molar-refractivity contribution in [2.45, 2.75) is 56.0 Å². The van der Waals surface area contributed by atoms with E-state index in [-0.39, 0.29) is 34.6 Å². The first-order chi connectivity index (χ1) is 24.6. The molecule has 1 aliphatic rings. The third-order valence-electron chi connectivity index (χ3n) is 8.09. The lowest BCUT2D eigenvalue weighted by atomic mass is 9.97. The number of nitrogens with two attached hydrogens (primary N) is 1. The van der Waals surface area contributed by atoms with Crippen LogP contribution in [0.5, 0.6) is 0 Å². The van der Waals surface area contributed by atoms with Crippen LogP contribution in [-0.4, -0.2) is 96.7 Å². The van der Waals surface area contributed by atoms with Crippen LogP contribution in [0, 0.1) is 5.92 Å². The summed E-state index contributed by atoms with van der Waals surface area (Å²) in [5, 5.41) is 3.78. The Morgan fingerprint density at radius 1 is 0.962 bits per heavy atom. The molecule has 4 rings (SSSR count). The minimum absolute atomic E-state index is 0.0248. The number of piperidine rings is 1. The van der Waals surface area contributed by atoms with Crippen molar-refractivity contribution in [3.05, 3.63) is 95.8 Å². The molecule has 1 fully saturated rings. The molecule has 1 saturated heterocycles. The van der Waals surface area contributed by atoms with Crippen LogP contribution in [0.25, 0.3) is 0 Å². The Bertz CT molecular complexity index is 1830. The van der Waals surface area contributed by atoms with E-state index in [4.69, 9.17) is 15.3 Å². The summed E-state index contributed by atoms with van der Waals surface area (Å²) in [6, 6.07) is 17.2. The van der Waals surface area contributed by atoms with Crippen molar-refractivity contribution in [2.24, 2.45) is 11.8 Å². The second kappa shape index (κ2) is 17.7. The van der Waals surface area contributed by atoms with Gasteiger partial charge in [0.25, 0.3) is 11.8 Å². The first-order valence-corrected chi connectivity index (χ1v) is 18.2. The zero-order valence-electron chi connectivity index (χ0n) is 29.3. The number of amides is 4. The minimum atomic E-state index is -4.46. The van der Waals surface area contributed by atoms with Crippen LogP contribution in [0.1, 0.15) is 59.9 Å². The van der Waals surface area contributed by atoms with Crippen LogP contribution in [0.3, 0.4) is 0 Å². The van der Waals surface area contributed by atoms with Gasteiger partial charge in [-0.15, -0.1) is 0 Å². The predicted molar refractivity (Wildman–Crippen MR) is 189 cm³/mol. The van der Waals surface area contributed by atoms with Gasteiger partial charge in [-0.1, -0.05) is 36.4 Å². The Hall–Kier alpha value is -5.35. The molecule has 15 nitrogen and oxygen atoms in total. The second-order valence-electron chi connectivity index (χ2n) is 13.2. The van der Waals surface area contributed by atoms with E-state index in [2.05, 4.69) is 15.6 Å². The van der Waals surface area contributed by atoms with Crippen molar-refractivity contribution in [1.82, 2.24) is 25.5 Å². The number of ether oxygens (including phenoxy) is 2. The molecule has 278 valence electrons. The number of esters is 1. The number of nitrogens with zero attached hydrogens (tertiary/aromatic N) is 3. The Morgan fingerprint density at radius 3 is 2.31 bits per heavy atom. The zero-order valence-corrected chi connectivity index (χ0v) is 30.1. The van der Waals surface area contributed by atoms with Gasteiger partial charge >= 0.3 is 12.1 Å². The summed E-state index contributed by atoms with van der Waals surface area (Å²) in [5.74, 6) is 3.01. The minimum Gasteiger partial charge on any atom is -0.460 e. The molecule has 2 aromatic carbocycles. The third-order valence-corrected chi connectivity index (χ3v) is 10.1. The van der Waals surface area contributed by atoms with Gasteiger partial charge < -0.3 is 25.0 Å². The molecule has 0 aliphatic carbocycles. The number of likely N-dealkylation sites (tertiary alicyclic amines) is 1. The van der Waals surface area contributed by atoms with E-state index in [9.17, 15) is 32.4 Å². The van der Waals surface area contributed by atoms with Gasteiger partial charge in [-0.05, 0) is 75.4 Å². The van der Waals surface area contributed by atoms with Crippen molar-refractivity contribution in [3.8, 4) is 0 Å². The van der Waals surface area contributed by atoms with Crippen molar-refractivity contribution >= 4 is 39.6 Å². The summed E-state index contributed by atoms with van der Waals surface area (Å²) in [4.78, 5) is 69.6. The first-order valence-electron chi connectivity index (χ1n) is 16.7. The SMILES string of the molecule is CC(C)(C)OC(=O)N1CCC(CNC(=O)c2cccc(C(=O)N(N)C[C@@H](C(=O)NCC(=O)OCc3ccccc3)S(=O)(=O)c3cccnc3)c2)CC1. The summed E-state index contributed by atoms with van der Waals surface area (Å²) < 4.78 is 37.8. The number of hydrogen-bond donors (Lipinski definition) is 3. The fourth-order valence-electron chi connectivity index (χ4n) is 5.27. The summed E-state index contributed by atoms with van der Waals surface area (Å²) in [6.07, 6.45) is 3.39. The fourth-order valence-corrected chi connectivity index (χ4v) is 6.80. The summed E-state index contributed by atoms with van der Waals surface area (Å²) in [6.45, 7) is 5.29. The quantitative estimate of drug-likeness (QED) is 0.101. The van der Waals surface area contributed by atoms with Crippen molar-refractivity contribution in [2.75, 3.05) is 32.7 Å². The monoisotopic (exact) mass is 736 g/mol. The number of hydrazine groups is 1. The molecule has 1 aromatic heterocycles. The van der Waals surface area contributed by atoms with Gasteiger partial charge in [0.1, 0.15) is 18.8 Å². The van der Waals surface area contributed by atoms with Crippen molar-refractivity contribution in [1.29, 1.82) is 0 Å². The van der Waals surface area contributed by atoms with E-state index >= 15 is 0 Å². The van der Waals surface area contributed by atoms with Crippen LogP contribution in [-0.2, 0) is 35.5 Å². The molecule has 3 aromatic rings. The maximum Gasteiger partial charge on any atom is 0.410 e. The molecule has 0 spiro atoms. The third kappa shape index (κ3) is 11.3. The zero-order chi connectivity index (χ0) is 37.9. The maximum absolute atomic E-state index is 13.6.